The summed E-state index contributed by atoms with van der Waals surface area (Å²) in [6, 6.07) is 0. The van der Waals surface area contributed by atoms with E-state index in [1.54, 1.807) is 0 Å². The van der Waals surface area contributed by atoms with Crippen LogP contribution in [0.3, 0.4) is 0 Å². The second-order valence-electron chi connectivity index (χ2n) is 3.01. The van der Waals surface area contributed by atoms with Crippen LogP contribution in [-0.4, -0.2) is 26.4 Å². The van der Waals surface area contributed by atoms with Crippen LogP contribution in [0.5, 0.6) is 0 Å². The molecule has 0 amide bonds. The number of hydrogen-bond donors (Lipinski definition) is 1. The normalized spacial score (nSPS) is 8.86. The summed E-state index contributed by atoms with van der Waals surface area (Å²) in [5, 5.41) is 0. The monoisotopic (exact) mass is 205 g/mol. The first-order chi connectivity index (χ1) is 6.68. The van der Waals surface area contributed by atoms with Crippen molar-refractivity contribution < 1.29 is 10.9 Å². The fourth-order valence-electron chi connectivity index (χ4n) is 0.593. The summed E-state index contributed by atoms with van der Waals surface area (Å²) in [5.74, 6) is 0.754. The van der Waals surface area contributed by atoms with Gasteiger partial charge in [-0.15, -0.1) is 0 Å². The van der Waals surface area contributed by atoms with E-state index in [9.17, 15) is 0 Å². The fourth-order valence-corrected chi connectivity index (χ4v) is 0.593. The molecule has 0 aliphatic rings. The SMILES string of the molecule is C=C(C)OCCCOCCN.CCC.[HH]. The molecular weight excluding hydrogens is 178 g/mol. The highest BCUT2D eigenvalue weighted by atomic mass is 16.5. The van der Waals surface area contributed by atoms with E-state index in [4.69, 9.17) is 15.2 Å². The minimum atomic E-state index is 0. The molecule has 0 aromatic heterocycles. The predicted molar refractivity (Wildman–Crippen MR) is 63.3 cm³/mol. The molecule has 88 valence electrons. The molecule has 0 aromatic rings. The quantitative estimate of drug-likeness (QED) is 0.513. The maximum absolute atomic E-state index is 5.22. The van der Waals surface area contributed by atoms with Gasteiger partial charge in [0.25, 0.3) is 0 Å². The molecule has 0 atom stereocenters. The molecule has 0 aliphatic carbocycles. The Balaban J connectivity index is -0.000000320. The summed E-state index contributed by atoms with van der Waals surface area (Å²) in [7, 11) is 0. The maximum atomic E-state index is 5.22. The van der Waals surface area contributed by atoms with Crippen LogP contribution in [0.15, 0.2) is 12.3 Å². The summed E-state index contributed by atoms with van der Waals surface area (Å²) in [6.45, 7) is 12.3. The van der Waals surface area contributed by atoms with E-state index in [-0.39, 0.29) is 1.43 Å². The van der Waals surface area contributed by atoms with E-state index < -0.39 is 0 Å². The predicted octanol–water partition coefficient (Wildman–Crippen LogP) is 2.56. The molecule has 0 radical (unpaired) electrons. The van der Waals surface area contributed by atoms with Crippen molar-refractivity contribution in [3.8, 4) is 0 Å². The Kier molecular flexibility index (Phi) is 17.0. The third-order valence-electron chi connectivity index (χ3n) is 1.04. The molecule has 3 nitrogen and oxygen atoms in total. The number of hydrogen-bond acceptors (Lipinski definition) is 3. The molecule has 3 heteroatoms. The third-order valence-corrected chi connectivity index (χ3v) is 1.04. The number of rotatable bonds is 7. The van der Waals surface area contributed by atoms with Crippen molar-refractivity contribution in [2.45, 2.75) is 33.6 Å². The molecule has 0 rings (SSSR count). The Morgan fingerprint density at radius 2 is 1.86 bits per heavy atom. The number of ether oxygens (including phenoxy) is 2. The van der Waals surface area contributed by atoms with Gasteiger partial charge in [0.15, 0.2) is 0 Å². The van der Waals surface area contributed by atoms with E-state index in [1.165, 1.54) is 6.42 Å². The van der Waals surface area contributed by atoms with Crippen LogP contribution in [-0.2, 0) is 9.47 Å². The highest BCUT2D eigenvalue weighted by Crippen LogP contribution is 1.92. The third kappa shape index (κ3) is 22.5. The molecule has 0 spiro atoms. The Morgan fingerprint density at radius 3 is 2.29 bits per heavy atom. The summed E-state index contributed by atoms with van der Waals surface area (Å²) in [4.78, 5) is 0. The average molecular weight is 205 g/mol. The second-order valence-corrected chi connectivity index (χ2v) is 3.01. The molecule has 0 fully saturated rings. The van der Waals surface area contributed by atoms with Gasteiger partial charge in [-0.3, -0.25) is 0 Å². The lowest BCUT2D eigenvalue weighted by molar-refractivity contribution is 0.112. The van der Waals surface area contributed by atoms with E-state index in [0.717, 1.165) is 12.2 Å². The molecular formula is C11H27NO2. The molecule has 0 bridgehead atoms. The highest BCUT2D eigenvalue weighted by Gasteiger charge is 1.88. The van der Waals surface area contributed by atoms with Gasteiger partial charge in [0.1, 0.15) is 0 Å². The summed E-state index contributed by atoms with van der Waals surface area (Å²) < 4.78 is 10.2. The summed E-state index contributed by atoms with van der Waals surface area (Å²) in [5.41, 5.74) is 5.22. The molecule has 2 N–H and O–H groups in total. The zero-order chi connectivity index (χ0) is 11.2. The molecule has 0 aromatic carbocycles. The van der Waals surface area contributed by atoms with Crippen LogP contribution in [0.1, 0.15) is 35.0 Å². The summed E-state index contributed by atoms with van der Waals surface area (Å²) in [6.07, 6.45) is 2.15. The number of nitrogens with two attached hydrogens (primary N) is 1. The van der Waals surface area contributed by atoms with Gasteiger partial charge in [-0.25, -0.2) is 0 Å². The van der Waals surface area contributed by atoms with Crippen LogP contribution < -0.4 is 5.73 Å². The minimum Gasteiger partial charge on any atom is -0.499 e. The van der Waals surface area contributed by atoms with Crippen molar-refractivity contribution in [1.82, 2.24) is 0 Å². The van der Waals surface area contributed by atoms with Gasteiger partial charge in [-0.2, -0.15) is 0 Å². The summed E-state index contributed by atoms with van der Waals surface area (Å²) >= 11 is 0. The maximum Gasteiger partial charge on any atom is 0.0898 e. The Hall–Kier alpha value is -0.540. The van der Waals surface area contributed by atoms with Crippen LogP contribution in [0.4, 0.5) is 0 Å². The van der Waals surface area contributed by atoms with Crippen LogP contribution in [0.25, 0.3) is 0 Å². The van der Waals surface area contributed by atoms with Crippen molar-refractivity contribution in [3.63, 3.8) is 0 Å². The first-order valence-corrected chi connectivity index (χ1v) is 5.25. The lowest BCUT2D eigenvalue weighted by Gasteiger charge is -2.04. The lowest BCUT2D eigenvalue weighted by atomic mass is 10.5. The van der Waals surface area contributed by atoms with Crippen LogP contribution >= 0.6 is 0 Å². The van der Waals surface area contributed by atoms with Crippen molar-refractivity contribution >= 4 is 0 Å². The highest BCUT2D eigenvalue weighted by molar-refractivity contribution is 4.72. The van der Waals surface area contributed by atoms with Crippen LogP contribution in [0, 0.1) is 0 Å². The zero-order valence-electron chi connectivity index (χ0n) is 9.84. The largest absolute Gasteiger partial charge is 0.499 e. The van der Waals surface area contributed by atoms with Crippen molar-refractivity contribution in [2.75, 3.05) is 26.4 Å². The van der Waals surface area contributed by atoms with Gasteiger partial charge in [0.2, 0.25) is 0 Å². The lowest BCUT2D eigenvalue weighted by Crippen LogP contribution is -2.09. The average Bonchev–Trinajstić information content (AvgIpc) is 2.12. The smallest absolute Gasteiger partial charge is 0.0898 e. The van der Waals surface area contributed by atoms with Gasteiger partial charge < -0.3 is 15.2 Å². The minimum absolute atomic E-state index is 0. The van der Waals surface area contributed by atoms with E-state index in [1.807, 2.05) is 6.92 Å². The van der Waals surface area contributed by atoms with Gasteiger partial charge in [0.05, 0.1) is 19.0 Å². The van der Waals surface area contributed by atoms with Gasteiger partial charge in [-0.05, 0) is 6.92 Å². The molecule has 14 heavy (non-hydrogen) atoms. The molecule has 0 saturated heterocycles. The fraction of sp³-hybridized carbons (Fsp3) is 0.818. The van der Waals surface area contributed by atoms with Crippen molar-refractivity contribution in [2.24, 2.45) is 5.73 Å². The Morgan fingerprint density at radius 1 is 1.29 bits per heavy atom. The Labute approximate surface area is 89.8 Å². The van der Waals surface area contributed by atoms with Crippen LogP contribution in [0.2, 0.25) is 0 Å². The van der Waals surface area contributed by atoms with E-state index in [0.29, 0.717) is 26.4 Å². The molecule has 0 heterocycles. The van der Waals surface area contributed by atoms with E-state index >= 15 is 0 Å². The second kappa shape index (κ2) is 15.0. The standard InChI is InChI=1S/C8H17NO2.C3H8.H2/c1-8(2)11-6-3-5-10-7-4-9;1-3-2;/h1,3-7,9H2,2H3;3H2,1-2H3;1H. The topological polar surface area (TPSA) is 44.5 Å². The van der Waals surface area contributed by atoms with Crippen molar-refractivity contribution in [3.05, 3.63) is 12.3 Å². The zero-order valence-corrected chi connectivity index (χ0v) is 9.84. The van der Waals surface area contributed by atoms with Gasteiger partial charge in [-0.1, -0.05) is 26.8 Å². The van der Waals surface area contributed by atoms with Gasteiger partial charge >= 0.3 is 0 Å². The first-order valence-electron chi connectivity index (χ1n) is 5.25. The first kappa shape index (κ1) is 15.9. The molecule has 0 aliphatic heterocycles. The molecule has 0 unspecified atom stereocenters. The van der Waals surface area contributed by atoms with Gasteiger partial charge in [0, 0.05) is 21.0 Å². The van der Waals surface area contributed by atoms with E-state index in [2.05, 4.69) is 20.4 Å². The Bertz CT molecular complexity index is 121. The number of allylic oxidation sites excluding steroid dienone is 1. The van der Waals surface area contributed by atoms with Crippen molar-refractivity contribution in [1.29, 1.82) is 0 Å². The molecule has 0 saturated carbocycles.